The molecule has 15 heavy (non-hydrogen) atoms. The van der Waals surface area contributed by atoms with Crippen LogP contribution in [-0.4, -0.2) is 18.3 Å². The molecule has 0 fully saturated rings. The maximum atomic E-state index is 9.46. The lowest BCUT2D eigenvalue weighted by atomic mass is 9.78. The monoisotopic (exact) mass is 207 g/mol. The molecular formula is C12H17NO2. The first kappa shape index (κ1) is 10.5. The molecule has 3 N–H and O–H groups in total. The highest BCUT2D eigenvalue weighted by Gasteiger charge is 2.39. The molecule has 3 nitrogen and oxygen atoms in total. The molecule has 0 saturated heterocycles. The number of fused-ring (bicyclic) bond motifs is 1. The van der Waals surface area contributed by atoms with Crippen molar-refractivity contribution in [3.05, 3.63) is 29.3 Å². The fourth-order valence-corrected chi connectivity index (χ4v) is 2.00. The van der Waals surface area contributed by atoms with Crippen molar-refractivity contribution in [2.45, 2.75) is 19.4 Å². The van der Waals surface area contributed by atoms with E-state index in [-0.39, 0.29) is 12.5 Å². The third kappa shape index (κ3) is 1.52. The summed E-state index contributed by atoms with van der Waals surface area (Å²) >= 11 is 0. The van der Waals surface area contributed by atoms with Crippen LogP contribution >= 0.6 is 0 Å². The lowest BCUT2D eigenvalue weighted by Crippen LogP contribution is -2.51. The molecule has 0 amide bonds. The van der Waals surface area contributed by atoms with E-state index in [4.69, 9.17) is 10.5 Å². The molecule has 1 aliphatic heterocycles. The molecule has 1 aromatic carbocycles. The molecule has 0 radical (unpaired) electrons. The average Bonchev–Trinajstić information content (AvgIpc) is 2.23. The lowest BCUT2D eigenvalue weighted by Gasteiger charge is -2.39. The minimum Gasteiger partial charge on any atom is -0.493 e. The second-order valence-electron chi connectivity index (χ2n) is 4.41. The topological polar surface area (TPSA) is 55.5 Å². The first-order chi connectivity index (χ1) is 7.08. The van der Waals surface area contributed by atoms with Gasteiger partial charge in [-0.2, -0.15) is 0 Å². The van der Waals surface area contributed by atoms with E-state index in [0.717, 1.165) is 16.9 Å². The Morgan fingerprint density at radius 3 is 3.00 bits per heavy atom. The van der Waals surface area contributed by atoms with Crippen molar-refractivity contribution in [3.63, 3.8) is 0 Å². The summed E-state index contributed by atoms with van der Waals surface area (Å²) in [5.41, 5.74) is 7.62. The van der Waals surface area contributed by atoms with Gasteiger partial charge in [0.25, 0.3) is 0 Å². The Kier molecular flexibility index (Phi) is 2.44. The summed E-state index contributed by atoms with van der Waals surface area (Å²) in [6, 6.07) is 5.92. The minimum absolute atomic E-state index is 0.0480. The van der Waals surface area contributed by atoms with E-state index in [0.29, 0.717) is 6.61 Å². The van der Waals surface area contributed by atoms with Crippen molar-refractivity contribution >= 4 is 0 Å². The van der Waals surface area contributed by atoms with E-state index in [1.807, 2.05) is 32.0 Å². The second kappa shape index (κ2) is 3.51. The van der Waals surface area contributed by atoms with E-state index in [1.54, 1.807) is 0 Å². The molecule has 1 aliphatic rings. The molecule has 0 aliphatic carbocycles. The number of hydrogen-bond donors (Lipinski definition) is 2. The van der Waals surface area contributed by atoms with Gasteiger partial charge in [-0.3, -0.25) is 0 Å². The Morgan fingerprint density at radius 2 is 2.33 bits per heavy atom. The Labute approximate surface area is 89.9 Å². The first-order valence-corrected chi connectivity index (χ1v) is 5.21. The van der Waals surface area contributed by atoms with E-state index in [9.17, 15) is 5.11 Å². The first-order valence-electron chi connectivity index (χ1n) is 5.21. The van der Waals surface area contributed by atoms with Crippen molar-refractivity contribution in [2.75, 3.05) is 13.2 Å². The number of hydrogen-bond acceptors (Lipinski definition) is 3. The molecule has 0 saturated carbocycles. The van der Waals surface area contributed by atoms with Gasteiger partial charge in [0.2, 0.25) is 0 Å². The Balaban J connectivity index is 2.53. The average molecular weight is 207 g/mol. The molecule has 0 aromatic heterocycles. The fraction of sp³-hybridized carbons (Fsp3) is 0.500. The van der Waals surface area contributed by atoms with Gasteiger partial charge < -0.3 is 15.6 Å². The molecule has 2 atom stereocenters. The van der Waals surface area contributed by atoms with Gasteiger partial charge >= 0.3 is 0 Å². The van der Waals surface area contributed by atoms with E-state index < -0.39 is 5.54 Å². The number of nitrogens with two attached hydrogens (primary N) is 1. The van der Waals surface area contributed by atoms with Gasteiger partial charge in [0.1, 0.15) is 5.75 Å². The van der Waals surface area contributed by atoms with Crippen molar-refractivity contribution in [3.8, 4) is 5.75 Å². The SMILES string of the molecule is Cc1ccc2c(c1)OCC(C)C2(N)CO. The van der Waals surface area contributed by atoms with Crippen molar-refractivity contribution in [1.29, 1.82) is 0 Å². The zero-order valence-corrected chi connectivity index (χ0v) is 9.16. The van der Waals surface area contributed by atoms with E-state index in [1.165, 1.54) is 0 Å². The summed E-state index contributed by atoms with van der Waals surface area (Å²) in [5.74, 6) is 0.933. The van der Waals surface area contributed by atoms with Gasteiger partial charge in [-0.1, -0.05) is 19.1 Å². The molecule has 2 rings (SSSR count). The Morgan fingerprint density at radius 1 is 1.60 bits per heavy atom. The van der Waals surface area contributed by atoms with Crippen molar-refractivity contribution in [1.82, 2.24) is 0 Å². The Bertz CT molecular complexity index is 378. The summed E-state index contributed by atoms with van der Waals surface area (Å²) in [7, 11) is 0. The summed E-state index contributed by atoms with van der Waals surface area (Å²) in [4.78, 5) is 0. The third-order valence-electron chi connectivity index (χ3n) is 3.27. The number of aliphatic hydroxyl groups excluding tert-OH is 1. The quantitative estimate of drug-likeness (QED) is 0.726. The van der Waals surface area contributed by atoms with Crippen LogP contribution in [-0.2, 0) is 5.54 Å². The highest BCUT2D eigenvalue weighted by molar-refractivity contribution is 5.43. The smallest absolute Gasteiger partial charge is 0.124 e. The summed E-state index contributed by atoms with van der Waals surface area (Å²) in [5, 5.41) is 9.46. The maximum absolute atomic E-state index is 9.46. The van der Waals surface area contributed by atoms with E-state index >= 15 is 0 Å². The van der Waals surface area contributed by atoms with Crippen molar-refractivity contribution < 1.29 is 9.84 Å². The zero-order valence-electron chi connectivity index (χ0n) is 9.16. The highest BCUT2D eigenvalue weighted by atomic mass is 16.5. The highest BCUT2D eigenvalue weighted by Crippen LogP contribution is 2.38. The van der Waals surface area contributed by atoms with Gasteiger partial charge in [-0.25, -0.2) is 0 Å². The molecular weight excluding hydrogens is 190 g/mol. The molecule has 82 valence electrons. The number of ether oxygens (including phenoxy) is 1. The number of benzene rings is 1. The van der Waals surface area contributed by atoms with Crippen LogP contribution in [0.2, 0.25) is 0 Å². The summed E-state index contributed by atoms with van der Waals surface area (Å²) < 4.78 is 5.62. The van der Waals surface area contributed by atoms with Crippen LogP contribution in [0.1, 0.15) is 18.1 Å². The standard InChI is InChI=1S/C12H17NO2/c1-8-3-4-10-11(5-8)15-6-9(2)12(10,13)7-14/h3-5,9,14H,6-7,13H2,1-2H3. The van der Waals surface area contributed by atoms with Gasteiger partial charge in [0.05, 0.1) is 18.8 Å². The molecule has 2 unspecified atom stereocenters. The van der Waals surface area contributed by atoms with Gasteiger partial charge in [0, 0.05) is 11.5 Å². The zero-order chi connectivity index (χ0) is 11.1. The fourth-order valence-electron chi connectivity index (χ4n) is 2.00. The van der Waals surface area contributed by atoms with Crippen LogP contribution in [0, 0.1) is 12.8 Å². The molecule has 3 heteroatoms. The summed E-state index contributed by atoms with van der Waals surface area (Å²) in [6.45, 7) is 4.53. The number of aryl methyl sites for hydroxylation is 1. The summed E-state index contributed by atoms with van der Waals surface area (Å²) in [6.07, 6.45) is 0. The second-order valence-corrected chi connectivity index (χ2v) is 4.41. The molecule has 1 heterocycles. The van der Waals surface area contributed by atoms with Crippen LogP contribution in [0.4, 0.5) is 0 Å². The predicted octanol–water partition coefficient (Wildman–Crippen LogP) is 1.17. The maximum Gasteiger partial charge on any atom is 0.124 e. The minimum atomic E-state index is -0.665. The normalized spacial score (nSPS) is 29.5. The van der Waals surface area contributed by atoms with Gasteiger partial charge in [-0.15, -0.1) is 0 Å². The lowest BCUT2D eigenvalue weighted by molar-refractivity contribution is 0.0852. The molecule has 1 aromatic rings. The van der Waals surface area contributed by atoms with Crippen LogP contribution < -0.4 is 10.5 Å². The van der Waals surface area contributed by atoms with Crippen LogP contribution in [0.15, 0.2) is 18.2 Å². The van der Waals surface area contributed by atoms with Crippen LogP contribution in [0.25, 0.3) is 0 Å². The Hall–Kier alpha value is -1.06. The van der Waals surface area contributed by atoms with Gasteiger partial charge in [-0.05, 0) is 18.6 Å². The van der Waals surface area contributed by atoms with Crippen LogP contribution in [0.3, 0.4) is 0 Å². The number of aliphatic hydroxyl groups is 1. The predicted molar refractivity (Wildman–Crippen MR) is 58.8 cm³/mol. The molecule has 0 bridgehead atoms. The van der Waals surface area contributed by atoms with Gasteiger partial charge in [0.15, 0.2) is 0 Å². The number of rotatable bonds is 1. The van der Waals surface area contributed by atoms with Crippen molar-refractivity contribution in [2.24, 2.45) is 11.7 Å². The van der Waals surface area contributed by atoms with E-state index in [2.05, 4.69) is 0 Å². The van der Waals surface area contributed by atoms with Crippen LogP contribution in [0.5, 0.6) is 5.75 Å². The molecule has 0 spiro atoms. The largest absolute Gasteiger partial charge is 0.493 e. The third-order valence-corrected chi connectivity index (χ3v) is 3.27.